The van der Waals surface area contributed by atoms with Gasteiger partial charge in [-0.25, -0.2) is 4.79 Å². The number of ether oxygens (including phenoxy) is 1. The molecule has 0 unspecified atom stereocenters. The van der Waals surface area contributed by atoms with Crippen molar-refractivity contribution in [2.24, 2.45) is 0 Å². The number of alkyl carbamates (subject to hydrolysis) is 1. The molecule has 0 spiro atoms. The fourth-order valence-electron chi connectivity index (χ4n) is 1.21. The number of methoxy groups -OCH3 is 1. The summed E-state index contributed by atoms with van der Waals surface area (Å²) >= 11 is 0. The first-order valence-corrected chi connectivity index (χ1v) is 4.68. The molecule has 1 rings (SSSR count). The maximum atomic E-state index is 10.7. The number of hydrogen-bond acceptors (Lipinski definition) is 4. The largest absolute Gasteiger partial charge is 0.453 e. The zero-order chi connectivity index (χ0) is 12.0. The molecule has 0 aromatic heterocycles. The quantitative estimate of drug-likeness (QED) is 0.620. The molecule has 86 valence electrons. The van der Waals surface area contributed by atoms with Crippen LogP contribution in [0.5, 0.6) is 0 Å². The van der Waals surface area contributed by atoms with Crippen molar-refractivity contribution in [2.75, 3.05) is 13.7 Å². The van der Waals surface area contributed by atoms with E-state index in [1.807, 2.05) is 0 Å². The summed E-state index contributed by atoms with van der Waals surface area (Å²) in [6.07, 6.45) is 0.0157. The fourth-order valence-corrected chi connectivity index (χ4v) is 1.21. The average molecular weight is 224 g/mol. The molecule has 0 atom stereocenters. The Morgan fingerprint density at radius 2 is 2.31 bits per heavy atom. The molecule has 16 heavy (non-hydrogen) atoms. The van der Waals surface area contributed by atoms with Crippen molar-refractivity contribution in [1.29, 1.82) is 0 Å². The summed E-state index contributed by atoms with van der Waals surface area (Å²) in [6.45, 7) is 0.383. The summed E-state index contributed by atoms with van der Waals surface area (Å²) in [5, 5.41) is 13.0. The van der Waals surface area contributed by atoms with Gasteiger partial charge in [0.1, 0.15) is 0 Å². The van der Waals surface area contributed by atoms with E-state index in [4.69, 9.17) is 0 Å². The van der Waals surface area contributed by atoms with E-state index in [0.29, 0.717) is 13.0 Å². The predicted octanol–water partition coefficient (Wildman–Crippen LogP) is 1.49. The molecule has 1 N–H and O–H groups in total. The predicted molar refractivity (Wildman–Crippen MR) is 57.2 cm³/mol. The molecule has 6 heteroatoms. The molecular formula is C10H12N2O4. The highest BCUT2D eigenvalue weighted by Crippen LogP contribution is 2.12. The Kier molecular flexibility index (Phi) is 4.26. The van der Waals surface area contributed by atoms with Crippen LogP contribution in [0.4, 0.5) is 10.5 Å². The maximum absolute atomic E-state index is 10.7. The second-order valence-electron chi connectivity index (χ2n) is 3.10. The summed E-state index contributed by atoms with van der Waals surface area (Å²) in [4.78, 5) is 20.8. The molecule has 0 aliphatic carbocycles. The highest BCUT2D eigenvalue weighted by molar-refractivity contribution is 5.66. The van der Waals surface area contributed by atoms with Gasteiger partial charge in [0, 0.05) is 18.7 Å². The second-order valence-corrected chi connectivity index (χ2v) is 3.10. The number of nitrogens with one attached hydrogen (secondary N) is 1. The van der Waals surface area contributed by atoms with E-state index in [1.54, 1.807) is 12.1 Å². The highest BCUT2D eigenvalue weighted by atomic mass is 16.6. The standard InChI is InChI=1S/C10H12N2O4/c1-16-10(13)11-6-5-8-3-2-4-9(7-8)12(14)15/h2-4,7H,5-6H2,1H3,(H,11,13). The highest BCUT2D eigenvalue weighted by Gasteiger charge is 2.05. The number of nitro groups is 1. The third-order valence-corrected chi connectivity index (χ3v) is 1.99. The minimum absolute atomic E-state index is 0.0515. The van der Waals surface area contributed by atoms with E-state index in [2.05, 4.69) is 10.1 Å². The summed E-state index contributed by atoms with van der Waals surface area (Å²) in [7, 11) is 1.28. The van der Waals surface area contributed by atoms with Gasteiger partial charge in [0.05, 0.1) is 12.0 Å². The summed E-state index contributed by atoms with van der Waals surface area (Å²) in [6, 6.07) is 6.30. The number of nitrogens with zero attached hydrogens (tertiary/aromatic N) is 1. The second kappa shape index (κ2) is 5.69. The van der Waals surface area contributed by atoms with Gasteiger partial charge in [-0.1, -0.05) is 12.1 Å². The topological polar surface area (TPSA) is 81.5 Å². The number of carbonyl (C=O) groups is 1. The van der Waals surface area contributed by atoms with E-state index in [1.165, 1.54) is 19.2 Å². The van der Waals surface area contributed by atoms with Gasteiger partial charge < -0.3 is 10.1 Å². The van der Waals surface area contributed by atoms with Gasteiger partial charge in [0.15, 0.2) is 0 Å². The van der Waals surface area contributed by atoms with E-state index in [0.717, 1.165) is 5.56 Å². The van der Waals surface area contributed by atoms with Crippen LogP contribution in [0, 0.1) is 10.1 Å². The van der Waals surface area contributed by atoms with Gasteiger partial charge in [-0.05, 0) is 12.0 Å². The van der Waals surface area contributed by atoms with Gasteiger partial charge in [-0.2, -0.15) is 0 Å². The van der Waals surface area contributed by atoms with E-state index in [9.17, 15) is 14.9 Å². The number of rotatable bonds is 4. The van der Waals surface area contributed by atoms with Crippen molar-refractivity contribution in [3.05, 3.63) is 39.9 Å². The Labute approximate surface area is 92.4 Å². The summed E-state index contributed by atoms with van der Waals surface area (Å²) in [5.74, 6) is 0. The van der Waals surface area contributed by atoms with Gasteiger partial charge in [0.2, 0.25) is 0 Å². The minimum atomic E-state index is -0.509. The third-order valence-electron chi connectivity index (χ3n) is 1.99. The lowest BCUT2D eigenvalue weighted by molar-refractivity contribution is -0.384. The van der Waals surface area contributed by atoms with Crippen molar-refractivity contribution < 1.29 is 14.5 Å². The maximum Gasteiger partial charge on any atom is 0.406 e. The Bertz CT molecular complexity index is 392. The van der Waals surface area contributed by atoms with Crippen LogP contribution in [0.15, 0.2) is 24.3 Å². The van der Waals surface area contributed by atoms with Gasteiger partial charge in [-0.3, -0.25) is 10.1 Å². The first-order valence-electron chi connectivity index (χ1n) is 4.68. The molecule has 0 aliphatic rings. The normalized spacial score (nSPS) is 9.56. The SMILES string of the molecule is COC(=O)NCCc1cccc([N+](=O)[O-])c1. The lowest BCUT2D eigenvalue weighted by Crippen LogP contribution is -2.25. The molecule has 0 heterocycles. The van der Waals surface area contributed by atoms with E-state index < -0.39 is 11.0 Å². The molecular weight excluding hydrogens is 212 g/mol. The van der Waals surface area contributed by atoms with Gasteiger partial charge in [0.25, 0.3) is 5.69 Å². The number of nitro benzene ring substituents is 1. The minimum Gasteiger partial charge on any atom is -0.453 e. The van der Waals surface area contributed by atoms with Crippen LogP contribution in [-0.4, -0.2) is 24.7 Å². The van der Waals surface area contributed by atoms with Crippen molar-refractivity contribution >= 4 is 11.8 Å². The summed E-state index contributed by atoms with van der Waals surface area (Å²) in [5.41, 5.74) is 0.848. The van der Waals surface area contributed by atoms with Crippen LogP contribution in [0.2, 0.25) is 0 Å². The first kappa shape index (κ1) is 12.0. The monoisotopic (exact) mass is 224 g/mol. The molecule has 1 aromatic rings. The molecule has 1 amide bonds. The molecule has 6 nitrogen and oxygen atoms in total. The van der Waals surface area contributed by atoms with Crippen LogP contribution in [-0.2, 0) is 11.2 Å². The van der Waals surface area contributed by atoms with E-state index >= 15 is 0 Å². The average Bonchev–Trinajstić information content (AvgIpc) is 2.29. The molecule has 0 radical (unpaired) electrons. The molecule has 0 saturated heterocycles. The van der Waals surface area contributed by atoms with Crippen LogP contribution >= 0.6 is 0 Å². The Morgan fingerprint density at radius 1 is 1.56 bits per heavy atom. The van der Waals surface area contributed by atoms with Crippen LogP contribution < -0.4 is 5.32 Å². The van der Waals surface area contributed by atoms with Gasteiger partial charge >= 0.3 is 6.09 Å². The first-order chi connectivity index (χ1) is 7.63. The Morgan fingerprint density at radius 3 is 2.94 bits per heavy atom. The van der Waals surface area contributed by atoms with Crippen LogP contribution in [0.3, 0.4) is 0 Å². The fraction of sp³-hybridized carbons (Fsp3) is 0.300. The number of non-ortho nitro benzene ring substituents is 1. The zero-order valence-electron chi connectivity index (χ0n) is 8.80. The molecule has 1 aromatic carbocycles. The van der Waals surface area contributed by atoms with Crippen molar-refractivity contribution in [3.8, 4) is 0 Å². The number of benzene rings is 1. The smallest absolute Gasteiger partial charge is 0.406 e. The zero-order valence-corrected chi connectivity index (χ0v) is 8.80. The molecule has 0 bridgehead atoms. The Balaban J connectivity index is 2.51. The van der Waals surface area contributed by atoms with Gasteiger partial charge in [-0.15, -0.1) is 0 Å². The number of hydrogen-bond donors (Lipinski definition) is 1. The lowest BCUT2D eigenvalue weighted by Gasteiger charge is -2.03. The molecule has 0 fully saturated rings. The van der Waals surface area contributed by atoms with Crippen LogP contribution in [0.1, 0.15) is 5.56 Å². The lowest BCUT2D eigenvalue weighted by atomic mass is 10.1. The Hall–Kier alpha value is -2.11. The van der Waals surface area contributed by atoms with Crippen LogP contribution in [0.25, 0.3) is 0 Å². The molecule has 0 saturated carbocycles. The summed E-state index contributed by atoms with van der Waals surface area (Å²) < 4.78 is 4.39. The number of amides is 1. The third kappa shape index (κ3) is 3.56. The van der Waals surface area contributed by atoms with Crippen molar-refractivity contribution in [3.63, 3.8) is 0 Å². The van der Waals surface area contributed by atoms with E-state index in [-0.39, 0.29) is 5.69 Å². The molecule has 0 aliphatic heterocycles. The van der Waals surface area contributed by atoms with Crippen molar-refractivity contribution in [1.82, 2.24) is 5.32 Å². The number of carbonyl (C=O) groups excluding carboxylic acids is 1. The van der Waals surface area contributed by atoms with Crippen molar-refractivity contribution in [2.45, 2.75) is 6.42 Å².